The highest BCUT2D eigenvalue weighted by atomic mass is 32.2. The number of unbranched alkanes of at least 4 members (excludes halogenated alkanes) is 1. The van der Waals surface area contributed by atoms with Crippen LogP contribution in [-0.4, -0.2) is 77.4 Å². The fraction of sp³-hybridized carbons (Fsp3) is 0.640. The molecule has 2 aromatic rings. The fourth-order valence-corrected chi connectivity index (χ4v) is 5.68. The molecule has 0 aliphatic heterocycles. The second kappa shape index (κ2) is 11.6. The first-order valence-electron chi connectivity index (χ1n) is 12.5. The van der Waals surface area contributed by atoms with Gasteiger partial charge in [0.15, 0.2) is 5.52 Å². The van der Waals surface area contributed by atoms with E-state index in [0.29, 0.717) is 29.9 Å². The minimum Gasteiger partial charge on any atom is -0.308 e. The summed E-state index contributed by atoms with van der Waals surface area (Å²) in [5.41, 5.74) is 3.36. The lowest BCUT2D eigenvalue weighted by atomic mass is 9.84. The molecule has 2 heterocycles. The molecule has 1 aliphatic carbocycles. The van der Waals surface area contributed by atoms with Gasteiger partial charge in [0.2, 0.25) is 10.0 Å². The summed E-state index contributed by atoms with van der Waals surface area (Å²) in [5.74, 6) is 0.638. The molecule has 0 saturated heterocycles. The number of H-pyrrole nitrogens is 1. The Labute approximate surface area is 209 Å². The van der Waals surface area contributed by atoms with Gasteiger partial charge < -0.3 is 9.88 Å². The molecule has 10 heteroatoms. The number of aromatic amines is 1. The van der Waals surface area contributed by atoms with Crippen LogP contribution in [0.15, 0.2) is 22.5 Å². The largest absolute Gasteiger partial charge is 0.308 e. The van der Waals surface area contributed by atoms with Crippen LogP contribution in [0.3, 0.4) is 0 Å². The third kappa shape index (κ3) is 6.48. The van der Waals surface area contributed by atoms with Crippen LogP contribution in [0.4, 0.5) is 0 Å². The number of aryl methyl sites for hydroxylation is 2. The lowest BCUT2D eigenvalue weighted by molar-refractivity contribution is 0.359. The summed E-state index contributed by atoms with van der Waals surface area (Å²) in [6.07, 6.45) is 9.42. The van der Waals surface area contributed by atoms with Crippen LogP contribution in [0.5, 0.6) is 0 Å². The predicted molar refractivity (Wildman–Crippen MR) is 142 cm³/mol. The number of likely N-dealkylation sites (N-methyl/N-ethyl adjacent to an activating group) is 2. The van der Waals surface area contributed by atoms with Crippen molar-refractivity contribution in [2.45, 2.75) is 52.4 Å². The summed E-state index contributed by atoms with van der Waals surface area (Å²) < 4.78 is 29.0. The van der Waals surface area contributed by atoms with Crippen molar-refractivity contribution in [1.29, 1.82) is 0 Å². The van der Waals surface area contributed by atoms with E-state index in [-0.39, 0.29) is 17.2 Å². The third-order valence-corrected chi connectivity index (χ3v) is 8.39. The van der Waals surface area contributed by atoms with E-state index in [0.717, 1.165) is 55.4 Å². The molecule has 1 aliphatic rings. The molecule has 0 spiro atoms. The Morgan fingerprint density at radius 3 is 2.57 bits per heavy atom. The highest BCUT2D eigenvalue weighted by Gasteiger charge is 2.26. The quantitative estimate of drug-likeness (QED) is 0.477. The number of rotatable bonds is 12. The van der Waals surface area contributed by atoms with Gasteiger partial charge in [0, 0.05) is 27.2 Å². The average Bonchev–Trinajstić information content (AvgIpc) is 3.12. The second-order valence-corrected chi connectivity index (χ2v) is 11.8. The maximum Gasteiger partial charge on any atom is 0.277 e. The first-order valence-corrected chi connectivity index (χ1v) is 14.1. The minimum absolute atomic E-state index is 0.0681. The topological polar surface area (TPSA) is 104 Å². The highest BCUT2D eigenvalue weighted by molar-refractivity contribution is 7.89. The van der Waals surface area contributed by atoms with E-state index in [4.69, 9.17) is 4.98 Å². The average molecular weight is 505 g/mol. The van der Waals surface area contributed by atoms with Crippen molar-refractivity contribution in [3.63, 3.8) is 0 Å². The van der Waals surface area contributed by atoms with E-state index in [1.165, 1.54) is 4.31 Å². The Bertz CT molecular complexity index is 1260. The Hall–Kier alpha value is -2.30. The summed E-state index contributed by atoms with van der Waals surface area (Å²) in [4.78, 5) is 22.8. The maximum atomic E-state index is 13.0. The van der Waals surface area contributed by atoms with Gasteiger partial charge in [-0.25, -0.2) is 17.7 Å². The standard InChI is InChI=1S/C25H40N6O3S/c1-7-9-11-19-13-12-18(17-35(33,34)30(5)15-14-29(3)4)16-20(19)24-26-22-21(10-8-2)28-31(6)23(22)25(32)27-24/h12,16,19H,7-11,13-15,17H2,1-6H3,(H,26,27,32). The number of hydrogen-bond acceptors (Lipinski definition) is 6. The summed E-state index contributed by atoms with van der Waals surface area (Å²) >= 11 is 0. The first kappa shape index (κ1) is 27.3. The number of aromatic nitrogens is 4. The SMILES string of the molecule is CCCCC1CC=C(CS(=O)(=O)N(C)CCN(C)C)C=C1c1nc2c(CCC)nn(C)c2c(=O)[nH]1. The van der Waals surface area contributed by atoms with Crippen molar-refractivity contribution in [2.24, 2.45) is 13.0 Å². The van der Waals surface area contributed by atoms with E-state index in [1.54, 1.807) is 18.8 Å². The molecule has 0 fully saturated rings. The first-order chi connectivity index (χ1) is 16.6. The van der Waals surface area contributed by atoms with Crippen molar-refractivity contribution in [3.05, 3.63) is 39.6 Å². The summed E-state index contributed by atoms with van der Waals surface area (Å²) in [5, 5.41) is 4.52. The van der Waals surface area contributed by atoms with Gasteiger partial charge in [0.25, 0.3) is 5.56 Å². The number of nitrogens with one attached hydrogen (secondary N) is 1. The number of sulfonamides is 1. The summed E-state index contributed by atoms with van der Waals surface area (Å²) in [6, 6.07) is 0. The van der Waals surface area contributed by atoms with Crippen molar-refractivity contribution in [1.82, 2.24) is 29.0 Å². The molecule has 194 valence electrons. The Morgan fingerprint density at radius 1 is 1.17 bits per heavy atom. The molecule has 1 unspecified atom stereocenters. The van der Waals surface area contributed by atoms with Crippen molar-refractivity contribution in [2.75, 3.05) is 40.0 Å². The van der Waals surface area contributed by atoms with Gasteiger partial charge >= 0.3 is 0 Å². The van der Waals surface area contributed by atoms with E-state index in [9.17, 15) is 13.2 Å². The molecule has 1 atom stereocenters. The van der Waals surface area contributed by atoms with E-state index in [2.05, 4.69) is 23.9 Å². The van der Waals surface area contributed by atoms with Crippen LogP contribution >= 0.6 is 0 Å². The normalized spacial score (nSPS) is 16.9. The molecular weight excluding hydrogens is 464 g/mol. The van der Waals surface area contributed by atoms with Crippen molar-refractivity contribution in [3.8, 4) is 0 Å². The van der Waals surface area contributed by atoms with Gasteiger partial charge in [-0.3, -0.25) is 9.48 Å². The minimum atomic E-state index is -3.46. The third-order valence-electron chi connectivity index (χ3n) is 6.56. The molecular formula is C25H40N6O3S. The molecule has 9 nitrogen and oxygen atoms in total. The van der Waals surface area contributed by atoms with Crippen LogP contribution < -0.4 is 5.56 Å². The number of fused-ring (bicyclic) bond motifs is 1. The van der Waals surface area contributed by atoms with Gasteiger partial charge in [-0.15, -0.1) is 0 Å². The molecule has 0 aromatic carbocycles. The summed E-state index contributed by atoms with van der Waals surface area (Å²) in [6.45, 7) is 5.32. The van der Waals surface area contributed by atoms with Gasteiger partial charge in [0.1, 0.15) is 11.3 Å². The molecule has 3 rings (SSSR count). The van der Waals surface area contributed by atoms with Gasteiger partial charge in [-0.1, -0.05) is 45.3 Å². The second-order valence-electron chi connectivity index (χ2n) is 9.77. The van der Waals surface area contributed by atoms with Gasteiger partial charge in [0.05, 0.1) is 11.4 Å². The van der Waals surface area contributed by atoms with E-state index in [1.807, 2.05) is 31.1 Å². The molecule has 35 heavy (non-hydrogen) atoms. The van der Waals surface area contributed by atoms with Gasteiger partial charge in [-0.2, -0.15) is 5.10 Å². The smallest absolute Gasteiger partial charge is 0.277 e. The van der Waals surface area contributed by atoms with Crippen LogP contribution in [0.25, 0.3) is 16.6 Å². The van der Waals surface area contributed by atoms with Crippen molar-refractivity contribution < 1.29 is 8.42 Å². The Kier molecular flexibility index (Phi) is 9.06. The lowest BCUT2D eigenvalue weighted by Crippen LogP contribution is -2.35. The predicted octanol–water partition coefficient (Wildman–Crippen LogP) is 2.95. The van der Waals surface area contributed by atoms with E-state index >= 15 is 0 Å². The molecule has 0 radical (unpaired) electrons. The fourth-order valence-electron chi connectivity index (χ4n) is 4.47. The zero-order chi connectivity index (χ0) is 25.8. The van der Waals surface area contributed by atoms with Crippen LogP contribution in [0.2, 0.25) is 0 Å². The highest BCUT2D eigenvalue weighted by Crippen LogP contribution is 2.34. The molecule has 0 bridgehead atoms. The zero-order valence-corrected chi connectivity index (χ0v) is 22.8. The monoisotopic (exact) mass is 504 g/mol. The molecule has 0 saturated carbocycles. The van der Waals surface area contributed by atoms with Gasteiger partial charge in [-0.05, 0) is 50.4 Å². The van der Waals surface area contributed by atoms with Crippen LogP contribution in [0.1, 0.15) is 57.5 Å². The molecule has 1 N–H and O–H groups in total. The maximum absolute atomic E-state index is 13.0. The lowest BCUT2D eigenvalue weighted by Gasteiger charge is -2.25. The summed E-state index contributed by atoms with van der Waals surface area (Å²) in [7, 11) is 3.78. The molecule has 0 amide bonds. The zero-order valence-electron chi connectivity index (χ0n) is 22.0. The van der Waals surface area contributed by atoms with Crippen LogP contribution in [0, 0.1) is 5.92 Å². The van der Waals surface area contributed by atoms with Crippen molar-refractivity contribution >= 4 is 26.6 Å². The van der Waals surface area contributed by atoms with Crippen LogP contribution in [-0.2, 0) is 23.5 Å². The Morgan fingerprint density at radius 2 is 1.91 bits per heavy atom. The van der Waals surface area contributed by atoms with E-state index < -0.39 is 10.0 Å². The molecule has 2 aromatic heterocycles. The number of nitrogens with zero attached hydrogens (tertiary/aromatic N) is 5. The number of allylic oxidation sites excluding steroid dienone is 3. The number of hydrogen-bond donors (Lipinski definition) is 1. The Balaban J connectivity index is 1.99.